The zero-order chi connectivity index (χ0) is 20.4. The number of likely N-dealkylation sites (tertiary alicyclic amines) is 1. The second-order valence-electron chi connectivity index (χ2n) is 7.82. The van der Waals surface area contributed by atoms with Crippen LogP contribution < -0.4 is 5.32 Å². The summed E-state index contributed by atoms with van der Waals surface area (Å²) in [6.45, 7) is 10.3. The molecule has 0 radical (unpaired) electrons. The molecule has 1 aliphatic heterocycles. The van der Waals surface area contributed by atoms with E-state index in [-0.39, 0.29) is 23.8 Å². The Morgan fingerprint density at radius 3 is 2.61 bits per heavy atom. The van der Waals surface area contributed by atoms with E-state index in [1.54, 1.807) is 6.07 Å². The summed E-state index contributed by atoms with van der Waals surface area (Å²) in [6, 6.07) is 5.75. The van der Waals surface area contributed by atoms with Crippen molar-refractivity contribution < 1.29 is 14.1 Å². The van der Waals surface area contributed by atoms with Gasteiger partial charge in [0.15, 0.2) is 0 Å². The Morgan fingerprint density at radius 2 is 2.00 bits per heavy atom. The normalized spacial score (nSPS) is 18.0. The zero-order valence-electron chi connectivity index (χ0n) is 17.3. The van der Waals surface area contributed by atoms with Crippen LogP contribution in [0.5, 0.6) is 0 Å². The van der Waals surface area contributed by atoms with Crippen LogP contribution in [0.25, 0.3) is 0 Å². The predicted molar refractivity (Wildman–Crippen MR) is 109 cm³/mol. The van der Waals surface area contributed by atoms with Crippen LogP contribution in [0.4, 0.5) is 5.69 Å². The van der Waals surface area contributed by atoms with Crippen LogP contribution >= 0.6 is 0 Å². The molecule has 0 aliphatic carbocycles. The van der Waals surface area contributed by atoms with Crippen molar-refractivity contribution in [3.8, 4) is 0 Å². The Kier molecular flexibility index (Phi) is 5.87. The van der Waals surface area contributed by atoms with Gasteiger partial charge in [-0.05, 0) is 77.6 Å². The van der Waals surface area contributed by atoms with Crippen molar-refractivity contribution in [1.29, 1.82) is 0 Å². The molecule has 3 rings (SSSR count). The summed E-state index contributed by atoms with van der Waals surface area (Å²) in [7, 11) is 0. The molecule has 150 valence electrons. The molecular formula is C22H29N3O3. The number of rotatable bonds is 4. The second kappa shape index (κ2) is 8.17. The zero-order valence-corrected chi connectivity index (χ0v) is 17.3. The topological polar surface area (TPSA) is 75.4 Å². The quantitative estimate of drug-likeness (QED) is 0.851. The molecule has 1 N–H and O–H groups in total. The van der Waals surface area contributed by atoms with Gasteiger partial charge in [0.25, 0.3) is 5.91 Å². The lowest BCUT2D eigenvalue weighted by Crippen LogP contribution is -2.42. The van der Waals surface area contributed by atoms with E-state index in [9.17, 15) is 9.59 Å². The van der Waals surface area contributed by atoms with Crippen LogP contribution in [0.2, 0.25) is 0 Å². The van der Waals surface area contributed by atoms with Gasteiger partial charge in [-0.3, -0.25) is 9.59 Å². The van der Waals surface area contributed by atoms with Gasteiger partial charge < -0.3 is 14.7 Å². The first-order chi connectivity index (χ1) is 13.3. The van der Waals surface area contributed by atoms with Crippen molar-refractivity contribution in [3.05, 3.63) is 46.3 Å². The Labute approximate surface area is 166 Å². The van der Waals surface area contributed by atoms with Gasteiger partial charge in [-0.1, -0.05) is 5.16 Å². The van der Waals surface area contributed by atoms with E-state index >= 15 is 0 Å². The van der Waals surface area contributed by atoms with Gasteiger partial charge in [-0.25, -0.2) is 0 Å². The third kappa shape index (κ3) is 3.96. The SMILES string of the molecule is Cc1cc(C(=O)N2CCCCC2C)ccc1NC(=O)C(C)c1c(C)noc1C. The lowest BCUT2D eigenvalue weighted by Gasteiger charge is -2.33. The number of piperidine rings is 1. The van der Waals surface area contributed by atoms with Crippen LogP contribution in [0.15, 0.2) is 22.7 Å². The minimum absolute atomic E-state index is 0.0669. The maximum absolute atomic E-state index is 12.9. The Morgan fingerprint density at radius 1 is 1.25 bits per heavy atom. The van der Waals surface area contributed by atoms with Gasteiger partial charge in [0, 0.05) is 29.4 Å². The summed E-state index contributed by atoms with van der Waals surface area (Å²) in [5.74, 6) is 0.230. The molecule has 1 saturated heterocycles. The summed E-state index contributed by atoms with van der Waals surface area (Å²) < 4.78 is 5.18. The first kappa shape index (κ1) is 20.1. The maximum Gasteiger partial charge on any atom is 0.254 e. The third-order valence-corrected chi connectivity index (χ3v) is 5.71. The molecule has 2 amide bonds. The maximum atomic E-state index is 12.9. The second-order valence-corrected chi connectivity index (χ2v) is 7.82. The van der Waals surface area contributed by atoms with Crippen molar-refractivity contribution in [2.45, 2.75) is 65.8 Å². The molecular weight excluding hydrogens is 354 g/mol. The summed E-state index contributed by atoms with van der Waals surface area (Å²) in [6.07, 6.45) is 3.29. The van der Waals surface area contributed by atoms with Gasteiger partial charge in [0.05, 0.1) is 11.6 Å². The molecule has 1 aliphatic rings. The number of aromatic nitrogens is 1. The summed E-state index contributed by atoms with van der Waals surface area (Å²) in [5, 5.41) is 6.90. The van der Waals surface area contributed by atoms with Crippen molar-refractivity contribution in [2.24, 2.45) is 0 Å². The van der Waals surface area contributed by atoms with Gasteiger partial charge >= 0.3 is 0 Å². The number of benzene rings is 1. The minimum atomic E-state index is -0.374. The largest absolute Gasteiger partial charge is 0.361 e. The number of aryl methyl sites for hydroxylation is 3. The fourth-order valence-corrected chi connectivity index (χ4v) is 3.98. The number of anilines is 1. The van der Waals surface area contributed by atoms with E-state index < -0.39 is 0 Å². The molecule has 2 heterocycles. The highest BCUT2D eigenvalue weighted by molar-refractivity contribution is 5.98. The fraction of sp³-hybridized carbons (Fsp3) is 0.500. The Bertz CT molecular complexity index is 868. The first-order valence-electron chi connectivity index (χ1n) is 9.94. The van der Waals surface area contributed by atoms with Crippen LogP contribution in [-0.4, -0.2) is 34.5 Å². The molecule has 6 heteroatoms. The molecule has 28 heavy (non-hydrogen) atoms. The molecule has 2 atom stereocenters. The van der Waals surface area contributed by atoms with E-state index in [0.29, 0.717) is 17.0 Å². The lowest BCUT2D eigenvalue weighted by atomic mass is 9.98. The van der Waals surface area contributed by atoms with Gasteiger partial charge in [-0.2, -0.15) is 0 Å². The molecule has 0 spiro atoms. The van der Waals surface area contributed by atoms with Crippen molar-refractivity contribution >= 4 is 17.5 Å². The number of nitrogens with zero attached hydrogens (tertiary/aromatic N) is 2. The minimum Gasteiger partial charge on any atom is -0.361 e. The molecule has 1 fully saturated rings. The molecule has 1 aromatic heterocycles. The Hall–Kier alpha value is -2.63. The van der Waals surface area contributed by atoms with Crippen LogP contribution in [0, 0.1) is 20.8 Å². The number of hydrogen-bond acceptors (Lipinski definition) is 4. The summed E-state index contributed by atoms with van der Waals surface area (Å²) in [4.78, 5) is 27.5. The predicted octanol–water partition coefficient (Wildman–Crippen LogP) is 4.36. The van der Waals surface area contributed by atoms with E-state index in [1.807, 2.05) is 44.7 Å². The van der Waals surface area contributed by atoms with Gasteiger partial charge in [0.1, 0.15) is 5.76 Å². The average Bonchev–Trinajstić information content (AvgIpc) is 3.00. The highest BCUT2D eigenvalue weighted by Crippen LogP contribution is 2.26. The van der Waals surface area contributed by atoms with E-state index in [1.165, 1.54) is 6.42 Å². The van der Waals surface area contributed by atoms with Crippen molar-refractivity contribution in [1.82, 2.24) is 10.1 Å². The number of hydrogen-bond donors (Lipinski definition) is 1. The number of nitrogens with one attached hydrogen (secondary N) is 1. The number of amides is 2. The summed E-state index contributed by atoms with van der Waals surface area (Å²) >= 11 is 0. The van der Waals surface area contributed by atoms with Crippen LogP contribution in [0.1, 0.15) is 72.0 Å². The molecule has 1 aromatic carbocycles. The van der Waals surface area contributed by atoms with E-state index in [2.05, 4.69) is 17.4 Å². The van der Waals surface area contributed by atoms with Gasteiger partial charge in [-0.15, -0.1) is 0 Å². The van der Waals surface area contributed by atoms with Crippen LogP contribution in [0.3, 0.4) is 0 Å². The number of carbonyl (C=O) groups excluding carboxylic acids is 2. The smallest absolute Gasteiger partial charge is 0.254 e. The van der Waals surface area contributed by atoms with Crippen LogP contribution in [-0.2, 0) is 4.79 Å². The molecule has 6 nitrogen and oxygen atoms in total. The molecule has 2 aromatic rings. The van der Waals surface area contributed by atoms with E-state index in [4.69, 9.17) is 4.52 Å². The van der Waals surface area contributed by atoms with Crippen molar-refractivity contribution in [3.63, 3.8) is 0 Å². The first-order valence-corrected chi connectivity index (χ1v) is 9.94. The standard InChI is InChI=1S/C22H29N3O3/c1-13-12-18(22(27)25-11-7-6-8-14(25)2)9-10-19(13)23-21(26)15(3)20-16(4)24-28-17(20)5/h9-10,12,14-15H,6-8,11H2,1-5H3,(H,23,26). The van der Waals surface area contributed by atoms with Crippen molar-refractivity contribution in [2.75, 3.05) is 11.9 Å². The third-order valence-electron chi connectivity index (χ3n) is 5.71. The molecule has 0 bridgehead atoms. The lowest BCUT2D eigenvalue weighted by molar-refractivity contribution is -0.117. The fourth-order valence-electron chi connectivity index (χ4n) is 3.98. The Balaban J connectivity index is 1.74. The van der Waals surface area contributed by atoms with E-state index in [0.717, 1.165) is 36.2 Å². The summed E-state index contributed by atoms with van der Waals surface area (Å²) in [5.41, 5.74) is 3.80. The highest BCUT2D eigenvalue weighted by Gasteiger charge is 2.26. The average molecular weight is 383 g/mol. The van der Waals surface area contributed by atoms with Gasteiger partial charge in [0.2, 0.25) is 5.91 Å². The molecule has 2 unspecified atom stereocenters. The monoisotopic (exact) mass is 383 g/mol. The highest BCUT2D eigenvalue weighted by atomic mass is 16.5. The molecule has 0 saturated carbocycles. The number of carbonyl (C=O) groups is 2.